The molecule has 0 aliphatic heterocycles. The summed E-state index contributed by atoms with van der Waals surface area (Å²) in [6.07, 6.45) is 1.52. The summed E-state index contributed by atoms with van der Waals surface area (Å²) in [4.78, 5) is 22.9. The van der Waals surface area contributed by atoms with Gasteiger partial charge in [-0.3, -0.25) is 5.32 Å². The average molecular weight is 569 g/mol. The fourth-order valence-electron chi connectivity index (χ4n) is 4.23. The molecular formula is C31H32N6O3S. The van der Waals surface area contributed by atoms with Gasteiger partial charge < -0.3 is 14.8 Å². The number of methoxy groups -OCH3 is 2. The Morgan fingerprint density at radius 1 is 0.902 bits per heavy atom. The number of ether oxygens (including phenoxy) is 2. The van der Waals surface area contributed by atoms with Crippen LogP contribution < -0.4 is 20.1 Å². The van der Waals surface area contributed by atoms with Crippen molar-refractivity contribution in [3.8, 4) is 11.5 Å². The van der Waals surface area contributed by atoms with Crippen LogP contribution in [0.4, 0.5) is 16.3 Å². The summed E-state index contributed by atoms with van der Waals surface area (Å²) in [6.45, 7) is 6.84. The van der Waals surface area contributed by atoms with E-state index in [1.807, 2.05) is 77.5 Å². The van der Waals surface area contributed by atoms with Gasteiger partial charge in [-0.05, 0) is 29.8 Å². The first kappa shape index (κ1) is 28.0. The maximum absolute atomic E-state index is 13.1. The molecule has 0 radical (unpaired) electrons. The minimum atomic E-state index is -0.355. The second-order valence-electron chi connectivity index (χ2n) is 10.4. The average Bonchev–Trinajstić information content (AvgIpc) is 3.35. The highest BCUT2D eigenvalue weighted by Crippen LogP contribution is 2.37. The van der Waals surface area contributed by atoms with Gasteiger partial charge in [0.2, 0.25) is 0 Å². The number of nitrogens with one attached hydrogen (secondary N) is 2. The molecule has 0 unspecified atom stereocenters. The third kappa shape index (κ3) is 6.60. The van der Waals surface area contributed by atoms with Crippen molar-refractivity contribution in [2.45, 2.75) is 42.7 Å². The van der Waals surface area contributed by atoms with Gasteiger partial charge in [0.15, 0.2) is 11.5 Å². The molecule has 0 saturated heterocycles. The molecule has 0 atom stereocenters. The largest absolute Gasteiger partial charge is 0.493 e. The normalized spacial score (nSPS) is 11.3. The summed E-state index contributed by atoms with van der Waals surface area (Å²) in [6, 6.07) is 22.9. The molecule has 3 aromatic carbocycles. The van der Waals surface area contributed by atoms with E-state index in [4.69, 9.17) is 14.6 Å². The van der Waals surface area contributed by atoms with Crippen molar-refractivity contribution in [3.05, 3.63) is 90.4 Å². The van der Waals surface area contributed by atoms with E-state index in [9.17, 15) is 4.79 Å². The predicted molar refractivity (Wildman–Crippen MR) is 162 cm³/mol. The lowest BCUT2D eigenvalue weighted by Crippen LogP contribution is -2.21. The Morgan fingerprint density at radius 2 is 1.66 bits per heavy atom. The standard InChI is InChI=1S/C31H32N6O3S/c1-31(2,3)27-17-28(37(36-27)18-20-10-7-6-8-11-20)35-30(38)34-21-12-9-13-22(14-21)41-29-23-15-25(39-4)26(40-5)16-24(23)32-19-33-29/h6-17,19H,18H2,1-5H3,(H2,34,35,38). The van der Waals surface area contributed by atoms with Gasteiger partial charge in [0.05, 0.1) is 32.0 Å². The van der Waals surface area contributed by atoms with Crippen molar-refractivity contribution in [1.29, 1.82) is 0 Å². The van der Waals surface area contributed by atoms with Crippen LogP contribution in [0.1, 0.15) is 32.0 Å². The number of carbonyl (C=O) groups excluding carboxylic acids is 1. The molecular weight excluding hydrogens is 536 g/mol. The van der Waals surface area contributed by atoms with Crippen LogP contribution >= 0.6 is 11.8 Å². The number of benzene rings is 3. The van der Waals surface area contributed by atoms with E-state index in [1.165, 1.54) is 18.1 Å². The van der Waals surface area contributed by atoms with E-state index in [0.717, 1.165) is 32.1 Å². The van der Waals surface area contributed by atoms with Crippen LogP contribution in [0.3, 0.4) is 0 Å². The van der Waals surface area contributed by atoms with Crippen molar-refractivity contribution in [1.82, 2.24) is 19.7 Å². The molecule has 41 heavy (non-hydrogen) atoms. The maximum atomic E-state index is 13.1. The second kappa shape index (κ2) is 11.9. The number of nitrogens with zero attached hydrogens (tertiary/aromatic N) is 4. The summed E-state index contributed by atoms with van der Waals surface area (Å²) in [7, 11) is 3.19. The molecule has 2 heterocycles. The van der Waals surface area contributed by atoms with E-state index >= 15 is 0 Å². The van der Waals surface area contributed by atoms with Gasteiger partial charge in [0.1, 0.15) is 17.2 Å². The number of urea groups is 1. The van der Waals surface area contributed by atoms with Gasteiger partial charge >= 0.3 is 6.03 Å². The Balaban J connectivity index is 1.34. The zero-order valence-electron chi connectivity index (χ0n) is 23.6. The molecule has 5 rings (SSSR count). The van der Waals surface area contributed by atoms with E-state index in [1.54, 1.807) is 14.2 Å². The van der Waals surface area contributed by atoms with Crippen LogP contribution in [-0.4, -0.2) is 40.0 Å². The molecule has 0 bridgehead atoms. The lowest BCUT2D eigenvalue weighted by atomic mass is 9.92. The molecule has 0 aliphatic carbocycles. The van der Waals surface area contributed by atoms with E-state index < -0.39 is 0 Å². The highest BCUT2D eigenvalue weighted by molar-refractivity contribution is 7.99. The first-order chi connectivity index (χ1) is 19.7. The molecule has 2 aromatic heterocycles. The first-order valence-electron chi connectivity index (χ1n) is 13.1. The topological polar surface area (TPSA) is 103 Å². The third-order valence-corrected chi connectivity index (χ3v) is 7.38. The Labute approximate surface area is 243 Å². The minimum absolute atomic E-state index is 0.166. The molecule has 210 valence electrons. The highest BCUT2D eigenvalue weighted by atomic mass is 32.2. The number of aromatic nitrogens is 4. The summed E-state index contributed by atoms with van der Waals surface area (Å²) in [5.74, 6) is 1.83. The summed E-state index contributed by atoms with van der Waals surface area (Å²) in [5.41, 5.74) is 3.22. The molecule has 5 aromatic rings. The monoisotopic (exact) mass is 568 g/mol. The molecule has 0 fully saturated rings. The Kier molecular flexibility index (Phi) is 8.11. The van der Waals surface area contributed by atoms with Crippen LogP contribution in [0.25, 0.3) is 10.9 Å². The molecule has 2 amide bonds. The van der Waals surface area contributed by atoms with E-state index in [2.05, 4.69) is 41.4 Å². The van der Waals surface area contributed by atoms with Gasteiger partial charge in [-0.25, -0.2) is 19.4 Å². The molecule has 10 heteroatoms. The number of fused-ring (bicyclic) bond motifs is 1. The van der Waals surface area contributed by atoms with Crippen molar-refractivity contribution < 1.29 is 14.3 Å². The number of carbonyl (C=O) groups is 1. The van der Waals surface area contributed by atoms with Gasteiger partial charge in [-0.1, -0.05) is 68.9 Å². The quantitative estimate of drug-likeness (QED) is 0.195. The van der Waals surface area contributed by atoms with Crippen molar-refractivity contribution in [3.63, 3.8) is 0 Å². The highest BCUT2D eigenvalue weighted by Gasteiger charge is 2.21. The lowest BCUT2D eigenvalue weighted by Gasteiger charge is -2.14. The summed E-state index contributed by atoms with van der Waals surface area (Å²) >= 11 is 1.47. The van der Waals surface area contributed by atoms with Crippen LogP contribution in [0.15, 0.2) is 89.0 Å². The zero-order chi connectivity index (χ0) is 29.0. The number of hydrogen-bond donors (Lipinski definition) is 2. The fourth-order valence-corrected chi connectivity index (χ4v) is 5.16. The van der Waals surface area contributed by atoms with E-state index in [0.29, 0.717) is 29.5 Å². The van der Waals surface area contributed by atoms with Gasteiger partial charge in [0, 0.05) is 33.5 Å². The maximum Gasteiger partial charge on any atom is 0.324 e. The molecule has 0 aliphatic rings. The van der Waals surface area contributed by atoms with E-state index in [-0.39, 0.29) is 11.4 Å². The van der Waals surface area contributed by atoms with Crippen molar-refractivity contribution in [2.24, 2.45) is 0 Å². The Hall–Kier alpha value is -4.57. The Morgan fingerprint density at radius 3 is 2.39 bits per heavy atom. The van der Waals surface area contributed by atoms with Crippen molar-refractivity contribution in [2.75, 3.05) is 24.9 Å². The number of hydrogen-bond acceptors (Lipinski definition) is 7. The molecule has 9 nitrogen and oxygen atoms in total. The van der Waals surface area contributed by atoms with Crippen LogP contribution in [0, 0.1) is 0 Å². The number of rotatable bonds is 8. The summed E-state index contributed by atoms with van der Waals surface area (Å²) < 4.78 is 12.7. The number of anilines is 2. The summed E-state index contributed by atoms with van der Waals surface area (Å²) in [5, 5.41) is 12.3. The van der Waals surface area contributed by atoms with Gasteiger partial charge in [-0.15, -0.1) is 0 Å². The van der Waals surface area contributed by atoms with Crippen LogP contribution in [0.5, 0.6) is 11.5 Å². The predicted octanol–water partition coefficient (Wildman–Crippen LogP) is 6.98. The molecule has 0 spiro atoms. The fraction of sp³-hybridized carbons (Fsp3) is 0.226. The third-order valence-electron chi connectivity index (χ3n) is 6.38. The van der Waals surface area contributed by atoms with Crippen molar-refractivity contribution >= 4 is 40.2 Å². The lowest BCUT2D eigenvalue weighted by molar-refractivity contribution is 0.262. The molecule has 0 saturated carbocycles. The smallest absolute Gasteiger partial charge is 0.324 e. The molecule has 2 N–H and O–H groups in total. The van der Waals surface area contributed by atoms with Gasteiger partial charge in [-0.2, -0.15) is 5.10 Å². The number of amides is 2. The van der Waals surface area contributed by atoms with Crippen LogP contribution in [-0.2, 0) is 12.0 Å². The van der Waals surface area contributed by atoms with Gasteiger partial charge in [0.25, 0.3) is 0 Å². The van der Waals surface area contributed by atoms with Crippen LogP contribution in [0.2, 0.25) is 0 Å². The Bertz CT molecular complexity index is 1680. The second-order valence-corrected chi connectivity index (χ2v) is 11.5. The SMILES string of the molecule is COc1cc2ncnc(Sc3cccc(NC(=O)Nc4cc(C(C)(C)C)nn4Cc4ccccc4)c3)c2cc1OC. The zero-order valence-corrected chi connectivity index (χ0v) is 24.5. The minimum Gasteiger partial charge on any atom is -0.493 e. The first-order valence-corrected chi connectivity index (χ1v) is 13.9.